The summed E-state index contributed by atoms with van der Waals surface area (Å²) in [4.78, 5) is 12.0. The van der Waals surface area contributed by atoms with Gasteiger partial charge in [-0.3, -0.25) is 4.79 Å². The third-order valence-corrected chi connectivity index (χ3v) is 4.44. The minimum atomic E-state index is -0.745. The number of allylic oxidation sites excluding steroid dienone is 3. The quantitative estimate of drug-likeness (QED) is 0.600. The predicted molar refractivity (Wildman–Crippen MR) is 86.3 cm³/mol. The van der Waals surface area contributed by atoms with Gasteiger partial charge < -0.3 is 9.84 Å². The molecule has 21 heavy (non-hydrogen) atoms. The van der Waals surface area contributed by atoms with Crippen LogP contribution in [0.4, 0.5) is 0 Å². The van der Waals surface area contributed by atoms with Crippen LogP contribution in [0, 0.1) is 11.3 Å². The van der Waals surface area contributed by atoms with Gasteiger partial charge >= 0.3 is 5.97 Å². The zero-order valence-electron chi connectivity index (χ0n) is 13.7. The Labute approximate surface area is 129 Å². The fourth-order valence-electron chi connectivity index (χ4n) is 3.16. The van der Waals surface area contributed by atoms with E-state index in [1.165, 1.54) is 5.57 Å². The SMILES string of the molecule is CCCCCC1(C(=O)O)C=CC(CCC)=CC1CCOC. The summed E-state index contributed by atoms with van der Waals surface area (Å²) in [6.07, 6.45) is 12.9. The molecule has 0 aromatic rings. The van der Waals surface area contributed by atoms with E-state index in [0.29, 0.717) is 6.61 Å². The van der Waals surface area contributed by atoms with Crippen LogP contribution in [0.1, 0.15) is 58.8 Å². The second-order valence-corrected chi connectivity index (χ2v) is 6.02. The van der Waals surface area contributed by atoms with Crippen LogP contribution in [0.3, 0.4) is 0 Å². The minimum Gasteiger partial charge on any atom is -0.481 e. The highest BCUT2D eigenvalue weighted by molar-refractivity contribution is 5.78. The van der Waals surface area contributed by atoms with Gasteiger partial charge in [-0.1, -0.05) is 63.3 Å². The molecule has 1 aliphatic carbocycles. The topological polar surface area (TPSA) is 46.5 Å². The Morgan fingerprint density at radius 2 is 2.10 bits per heavy atom. The van der Waals surface area contributed by atoms with Gasteiger partial charge in [0.25, 0.3) is 0 Å². The fourth-order valence-corrected chi connectivity index (χ4v) is 3.16. The van der Waals surface area contributed by atoms with Crippen LogP contribution in [0.15, 0.2) is 23.8 Å². The van der Waals surface area contributed by atoms with Crippen molar-refractivity contribution in [2.75, 3.05) is 13.7 Å². The molecular formula is C18H30O3. The number of hydrogen-bond donors (Lipinski definition) is 1. The lowest BCUT2D eigenvalue weighted by molar-refractivity contribution is -0.149. The maximum atomic E-state index is 12.0. The minimum absolute atomic E-state index is 0.0401. The van der Waals surface area contributed by atoms with E-state index in [0.717, 1.165) is 44.9 Å². The molecule has 0 saturated carbocycles. The van der Waals surface area contributed by atoms with Gasteiger partial charge in [0, 0.05) is 13.7 Å². The number of aliphatic carboxylic acids is 1. The van der Waals surface area contributed by atoms with Gasteiger partial charge in [0.05, 0.1) is 5.41 Å². The van der Waals surface area contributed by atoms with Crippen molar-refractivity contribution in [3.63, 3.8) is 0 Å². The number of carboxylic acids is 1. The van der Waals surface area contributed by atoms with E-state index in [1.807, 2.05) is 12.2 Å². The summed E-state index contributed by atoms with van der Waals surface area (Å²) in [6.45, 7) is 4.90. The number of rotatable bonds is 10. The molecule has 0 aromatic carbocycles. The molecule has 2 atom stereocenters. The van der Waals surface area contributed by atoms with Gasteiger partial charge in [-0.25, -0.2) is 0 Å². The van der Waals surface area contributed by atoms with Gasteiger partial charge in [-0.05, 0) is 25.2 Å². The summed E-state index contributed by atoms with van der Waals surface area (Å²) in [5.74, 6) is -0.652. The maximum Gasteiger partial charge on any atom is 0.314 e. The molecule has 0 saturated heterocycles. The van der Waals surface area contributed by atoms with E-state index in [1.54, 1.807) is 7.11 Å². The first-order valence-corrected chi connectivity index (χ1v) is 8.23. The number of hydrogen-bond acceptors (Lipinski definition) is 2. The summed E-state index contributed by atoms with van der Waals surface area (Å²) in [5.41, 5.74) is 0.524. The third kappa shape index (κ3) is 4.70. The van der Waals surface area contributed by atoms with Gasteiger partial charge in [0.15, 0.2) is 0 Å². The van der Waals surface area contributed by atoms with Crippen LogP contribution in [-0.2, 0) is 9.53 Å². The molecule has 1 N–H and O–H groups in total. The molecule has 0 aliphatic heterocycles. The van der Waals surface area contributed by atoms with Crippen molar-refractivity contribution in [1.29, 1.82) is 0 Å². The zero-order valence-corrected chi connectivity index (χ0v) is 13.7. The smallest absolute Gasteiger partial charge is 0.314 e. The van der Waals surface area contributed by atoms with Gasteiger partial charge in [0.2, 0.25) is 0 Å². The molecule has 0 heterocycles. The van der Waals surface area contributed by atoms with E-state index in [-0.39, 0.29) is 5.92 Å². The molecule has 1 aliphatic rings. The van der Waals surface area contributed by atoms with Crippen LogP contribution in [0.2, 0.25) is 0 Å². The second-order valence-electron chi connectivity index (χ2n) is 6.02. The predicted octanol–water partition coefficient (Wildman–Crippen LogP) is 4.59. The van der Waals surface area contributed by atoms with Crippen molar-refractivity contribution >= 4 is 5.97 Å². The Bertz CT molecular complexity index is 384. The van der Waals surface area contributed by atoms with Crippen LogP contribution in [-0.4, -0.2) is 24.8 Å². The average molecular weight is 294 g/mol. The molecule has 0 spiro atoms. The highest BCUT2D eigenvalue weighted by atomic mass is 16.5. The first kappa shape index (κ1) is 18.0. The summed E-state index contributed by atoms with van der Waals surface area (Å²) >= 11 is 0. The Kier molecular flexibility index (Phi) is 7.73. The third-order valence-electron chi connectivity index (χ3n) is 4.44. The number of ether oxygens (including phenoxy) is 1. The number of carbonyl (C=O) groups is 1. The second kappa shape index (κ2) is 9.04. The largest absolute Gasteiger partial charge is 0.481 e. The number of unbranched alkanes of at least 4 members (excludes halogenated alkanes) is 2. The maximum absolute atomic E-state index is 12.0. The molecule has 3 heteroatoms. The lowest BCUT2D eigenvalue weighted by atomic mass is 9.67. The summed E-state index contributed by atoms with van der Waals surface area (Å²) in [5, 5.41) is 9.85. The van der Waals surface area contributed by atoms with Crippen molar-refractivity contribution in [3.8, 4) is 0 Å². The average Bonchev–Trinajstić information content (AvgIpc) is 2.47. The van der Waals surface area contributed by atoms with Gasteiger partial charge in [0.1, 0.15) is 0 Å². The molecule has 2 unspecified atom stereocenters. The Hall–Kier alpha value is -1.09. The summed E-state index contributed by atoms with van der Waals surface area (Å²) < 4.78 is 5.19. The first-order valence-electron chi connectivity index (χ1n) is 8.23. The van der Waals surface area contributed by atoms with Crippen LogP contribution in [0.5, 0.6) is 0 Å². The lowest BCUT2D eigenvalue weighted by Gasteiger charge is -2.36. The van der Waals surface area contributed by atoms with Crippen molar-refractivity contribution in [3.05, 3.63) is 23.8 Å². The van der Waals surface area contributed by atoms with Crippen LogP contribution < -0.4 is 0 Å². The van der Waals surface area contributed by atoms with Crippen LogP contribution >= 0.6 is 0 Å². The van der Waals surface area contributed by atoms with E-state index in [9.17, 15) is 9.90 Å². The van der Waals surface area contributed by atoms with Crippen molar-refractivity contribution in [2.24, 2.45) is 11.3 Å². The van der Waals surface area contributed by atoms with Crippen molar-refractivity contribution < 1.29 is 14.6 Å². The van der Waals surface area contributed by atoms with E-state index >= 15 is 0 Å². The molecule has 0 amide bonds. The van der Waals surface area contributed by atoms with Crippen molar-refractivity contribution in [2.45, 2.75) is 58.8 Å². The van der Waals surface area contributed by atoms with E-state index in [4.69, 9.17) is 4.74 Å². The molecule has 0 aromatic heterocycles. The monoisotopic (exact) mass is 294 g/mol. The zero-order chi connectivity index (χ0) is 15.7. The first-order chi connectivity index (χ1) is 10.1. The number of carboxylic acid groups (broad SMARTS) is 1. The van der Waals surface area contributed by atoms with E-state index in [2.05, 4.69) is 19.9 Å². The Balaban J connectivity index is 2.96. The Morgan fingerprint density at radius 1 is 1.33 bits per heavy atom. The summed E-state index contributed by atoms with van der Waals surface area (Å²) in [7, 11) is 1.68. The lowest BCUT2D eigenvalue weighted by Crippen LogP contribution is -2.38. The van der Waals surface area contributed by atoms with Gasteiger partial charge in [-0.2, -0.15) is 0 Å². The Morgan fingerprint density at radius 3 is 2.67 bits per heavy atom. The molecule has 120 valence electrons. The molecule has 0 fully saturated rings. The molecule has 3 nitrogen and oxygen atoms in total. The number of methoxy groups -OCH3 is 1. The van der Waals surface area contributed by atoms with Crippen molar-refractivity contribution in [1.82, 2.24) is 0 Å². The highest BCUT2D eigenvalue weighted by Crippen LogP contribution is 2.43. The highest BCUT2D eigenvalue weighted by Gasteiger charge is 2.43. The molecule has 0 bridgehead atoms. The standard InChI is InChI=1S/C18H30O3/c1-4-6-7-11-18(17(19)20)12-9-15(8-5-2)14-16(18)10-13-21-3/h9,12,14,16H,4-8,10-11,13H2,1-3H3,(H,19,20). The molecule has 0 radical (unpaired) electrons. The fraction of sp³-hybridized carbons (Fsp3) is 0.722. The molecule has 1 rings (SSSR count). The van der Waals surface area contributed by atoms with Gasteiger partial charge in [-0.15, -0.1) is 0 Å². The normalized spacial score (nSPS) is 24.9. The summed E-state index contributed by atoms with van der Waals surface area (Å²) in [6, 6.07) is 0. The van der Waals surface area contributed by atoms with E-state index < -0.39 is 11.4 Å². The van der Waals surface area contributed by atoms with Crippen LogP contribution in [0.25, 0.3) is 0 Å². The molecular weight excluding hydrogens is 264 g/mol.